The van der Waals surface area contributed by atoms with Crippen molar-refractivity contribution in [1.29, 1.82) is 0 Å². The third-order valence-electron chi connectivity index (χ3n) is 2.49. The topological polar surface area (TPSA) is 32.3 Å². The van der Waals surface area contributed by atoms with Gasteiger partial charge in [-0.05, 0) is 13.3 Å². The van der Waals surface area contributed by atoms with E-state index in [1.165, 1.54) is 6.42 Å². The fourth-order valence-corrected chi connectivity index (χ4v) is 3.34. The molecular formula is C8H14N2OS. The van der Waals surface area contributed by atoms with Crippen molar-refractivity contribution >= 4 is 17.8 Å². The van der Waals surface area contributed by atoms with Crippen molar-refractivity contribution in [2.24, 2.45) is 0 Å². The highest BCUT2D eigenvalue weighted by atomic mass is 32.2. The van der Waals surface area contributed by atoms with E-state index in [0.29, 0.717) is 6.04 Å². The maximum Gasteiger partial charge on any atom is 0.317 e. The fraction of sp³-hybridized carbons (Fsp3) is 0.875. The number of fused-ring (bicyclic) bond motifs is 2. The third kappa shape index (κ3) is 1.28. The van der Waals surface area contributed by atoms with Crippen LogP contribution < -0.4 is 5.32 Å². The molecular weight excluding hydrogens is 172 g/mol. The van der Waals surface area contributed by atoms with Gasteiger partial charge in [-0.25, -0.2) is 4.79 Å². The lowest BCUT2D eigenvalue weighted by Crippen LogP contribution is -2.45. The molecule has 2 amide bonds. The summed E-state index contributed by atoms with van der Waals surface area (Å²) in [5.74, 6) is 1.14. The molecule has 68 valence electrons. The lowest BCUT2D eigenvalue weighted by Gasteiger charge is -2.26. The fourth-order valence-electron chi connectivity index (χ4n) is 1.90. The average Bonchev–Trinajstić information content (AvgIpc) is 2.64. The van der Waals surface area contributed by atoms with E-state index in [0.717, 1.165) is 24.1 Å². The minimum absolute atomic E-state index is 0.130. The van der Waals surface area contributed by atoms with Crippen LogP contribution in [0.4, 0.5) is 4.79 Å². The molecule has 4 heteroatoms. The highest BCUT2D eigenvalue weighted by Gasteiger charge is 2.40. The summed E-state index contributed by atoms with van der Waals surface area (Å²) < 4.78 is 0. The van der Waals surface area contributed by atoms with Crippen LogP contribution in [0.1, 0.15) is 13.3 Å². The van der Waals surface area contributed by atoms with Gasteiger partial charge in [-0.3, -0.25) is 0 Å². The van der Waals surface area contributed by atoms with E-state index < -0.39 is 0 Å². The molecule has 12 heavy (non-hydrogen) atoms. The first kappa shape index (κ1) is 8.23. The van der Waals surface area contributed by atoms with Crippen molar-refractivity contribution in [3.8, 4) is 0 Å². The van der Waals surface area contributed by atoms with Gasteiger partial charge >= 0.3 is 6.03 Å². The zero-order chi connectivity index (χ0) is 8.55. The molecule has 2 aliphatic heterocycles. The molecule has 0 aromatic rings. The second-order valence-electron chi connectivity index (χ2n) is 3.33. The van der Waals surface area contributed by atoms with Gasteiger partial charge < -0.3 is 10.2 Å². The van der Waals surface area contributed by atoms with Crippen LogP contribution in [-0.2, 0) is 0 Å². The maximum absolute atomic E-state index is 11.4. The molecule has 0 saturated carbocycles. The molecule has 2 aliphatic rings. The Bertz CT molecular complexity index is 197. The largest absolute Gasteiger partial charge is 0.338 e. The van der Waals surface area contributed by atoms with Crippen molar-refractivity contribution in [3.05, 3.63) is 0 Å². The summed E-state index contributed by atoms with van der Waals surface area (Å²) in [6.45, 7) is 3.65. The van der Waals surface area contributed by atoms with E-state index in [1.807, 2.05) is 23.6 Å². The van der Waals surface area contributed by atoms with Crippen LogP contribution in [0.5, 0.6) is 0 Å². The number of urea groups is 1. The second kappa shape index (κ2) is 3.17. The van der Waals surface area contributed by atoms with E-state index in [9.17, 15) is 4.79 Å². The summed E-state index contributed by atoms with van der Waals surface area (Å²) >= 11 is 2.01. The summed E-state index contributed by atoms with van der Waals surface area (Å²) in [5, 5.41) is 3.57. The van der Waals surface area contributed by atoms with Gasteiger partial charge in [0.1, 0.15) is 0 Å². The lowest BCUT2D eigenvalue weighted by atomic mass is 10.2. The van der Waals surface area contributed by atoms with Crippen LogP contribution in [0.15, 0.2) is 0 Å². The van der Waals surface area contributed by atoms with Gasteiger partial charge in [-0.1, -0.05) is 0 Å². The van der Waals surface area contributed by atoms with Gasteiger partial charge in [0.15, 0.2) is 0 Å². The number of thioether (sulfide) groups is 1. The molecule has 0 aliphatic carbocycles. The van der Waals surface area contributed by atoms with Crippen LogP contribution in [0.25, 0.3) is 0 Å². The molecule has 2 heterocycles. The number of hydrogen-bond donors (Lipinski definition) is 1. The number of rotatable bonds is 1. The van der Waals surface area contributed by atoms with Gasteiger partial charge in [-0.15, -0.1) is 0 Å². The van der Waals surface area contributed by atoms with E-state index in [-0.39, 0.29) is 6.03 Å². The van der Waals surface area contributed by atoms with Gasteiger partial charge in [0.25, 0.3) is 0 Å². The van der Waals surface area contributed by atoms with Crippen molar-refractivity contribution < 1.29 is 4.79 Å². The molecule has 0 aromatic carbocycles. The van der Waals surface area contributed by atoms with Gasteiger partial charge in [0.05, 0.1) is 0 Å². The van der Waals surface area contributed by atoms with Crippen LogP contribution in [0.2, 0.25) is 0 Å². The van der Waals surface area contributed by atoms with Gasteiger partial charge in [0, 0.05) is 30.1 Å². The van der Waals surface area contributed by atoms with Gasteiger partial charge in [0.2, 0.25) is 0 Å². The molecule has 3 nitrogen and oxygen atoms in total. The van der Waals surface area contributed by atoms with Crippen LogP contribution in [0, 0.1) is 0 Å². The van der Waals surface area contributed by atoms with E-state index in [1.54, 1.807) is 0 Å². The number of nitrogens with one attached hydrogen (secondary N) is 1. The number of carbonyl (C=O) groups is 1. The molecule has 0 spiro atoms. The predicted octanol–water partition coefficient (Wildman–Crippen LogP) is 0.906. The number of amides is 2. The monoisotopic (exact) mass is 186 g/mol. The molecule has 1 N–H and O–H groups in total. The summed E-state index contributed by atoms with van der Waals surface area (Å²) in [4.78, 5) is 13.4. The normalized spacial score (nSPS) is 32.6. The molecule has 0 radical (unpaired) electrons. The summed E-state index contributed by atoms with van der Waals surface area (Å²) in [7, 11) is 0. The quantitative estimate of drug-likeness (QED) is 0.660. The number of hydrogen-bond acceptors (Lipinski definition) is 2. The molecule has 2 saturated heterocycles. The second-order valence-corrected chi connectivity index (χ2v) is 4.67. The minimum Gasteiger partial charge on any atom is -0.338 e. The Hall–Kier alpha value is -0.380. The van der Waals surface area contributed by atoms with Crippen LogP contribution in [-0.4, -0.2) is 41.1 Å². The Kier molecular flexibility index (Phi) is 2.17. The molecule has 2 bridgehead atoms. The summed E-state index contributed by atoms with van der Waals surface area (Å²) in [6.07, 6.45) is 1.21. The first-order chi connectivity index (χ1) is 5.81. The van der Waals surface area contributed by atoms with E-state index in [2.05, 4.69) is 5.32 Å². The highest BCUT2D eigenvalue weighted by molar-refractivity contribution is 8.00. The lowest BCUT2D eigenvalue weighted by molar-refractivity contribution is 0.197. The van der Waals surface area contributed by atoms with Crippen molar-refractivity contribution in [2.75, 3.05) is 18.8 Å². The summed E-state index contributed by atoms with van der Waals surface area (Å²) in [6, 6.07) is 0.650. The number of nitrogens with zero attached hydrogens (tertiary/aromatic N) is 1. The Morgan fingerprint density at radius 2 is 2.58 bits per heavy atom. The first-order valence-electron chi connectivity index (χ1n) is 4.47. The standard InChI is InChI=1S/C8H14N2OS/c1-2-9-8(11)10-4-7-3-6(10)5-12-7/h6-7H,2-5H2,1H3,(H,9,11). The Morgan fingerprint density at radius 1 is 1.75 bits per heavy atom. The smallest absolute Gasteiger partial charge is 0.317 e. The first-order valence-corrected chi connectivity index (χ1v) is 5.52. The van der Waals surface area contributed by atoms with Gasteiger partial charge in [-0.2, -0.15) is 11.8 Å². The van der Waals surface area contributed by atoms with Crippen molar-refractivity contribution in [2.45, 2.75) is 24.6 Å². The average molecular weight is 186 g/mol. The van der Waals surface area contributed by atoms with Crippen LogP contribution in [0.3, 0.4) is 0 Å². The molecule has 2 fully saturated rings. The maximum atomic E-state index is 11.4. The highest BCUT2D eigenvalue weighted by Crippen LogP contribution is 2.37. The Balaban J connectivity index is 1.93. The third-order valence-corrected chi connectivity index (χ3v) is 3.88. The zero-order valence-electron chi connectivity index (χ0n) is 7.25. The molecule has 2 rings (SSSR count). The number of carbonyl (C=O) groups excluding carboxylic acids is 1. The van der Waals surface area contributed by atoms with Crippen molar-refractivity contribution in [3.63, 3.8) is 0 Å². The zero-order valence-corrected chi connectivity index (χ0v) is 8.06. The minimum atomic E-state index is 0.130. The van der Waals surface area contributed by atoms with Crippen LogP contribution >= 0.6 is 11.8 Å². The van der Waals surface area contributed by atoms with E-state index in [4.69, 9.17) is 0 Å². The molecule has 2 atom stereocenters. The Morgan fingerprint density at radius 3 is 3.08 bits per heavy atom. The number of likely N-dealkylation sites (tertiary alicyclic amines) is 1. The summed E-state index contributed by atoms with van der Waals surface area (Å²) in [5.41, 5.74) is 0. The Labute approximate surface area is 76.9 Å². The van der Waals surface area contributed by atoms with E-state index >= 15 is 0 Å². The SMILES string of the molecule is CCNC(=O)N1CC2CC1CS2. The van der Waals surface area contributed by atoms with Crippen molar-refractivity contribution in [1.82, 2.24) is 10.2 Å². The predicted molar refractivity (Wildman–Crippen MR) is 50.4 cm³/mol. The molecule has 0 aromatic heterocycles. The molecule has 2 unspecified atom stereocenters.